The number of alkyl halides is 3. The van der Waals surface area contributed by atoms with Crippen LogP contribution in [-0.2, 0) is 0 Å². The molecule has 0 aromatic heterocycles. The van der Waals surface area contributed by atoms with Crippen LogP contribution in [0.15, 0.2) is 34.1 Å². The van der Waals surface area contributed by atoms with Crippen molar-refractivity contribution in [2.24, 2.45) is 0 Å². The number of hydrogen-bond acceptors (Lipinski definition) is 2. The van der Waals surface area contributed by atoms with Gasteiger partial charge in [0, 0.05) is 9.79 Å². The third-order valence-corrected chi connectivity index (χ3v) is 2.11. The van der Waals surface area contributed by atoms with Crippen LogP contribution in [0.5, 0.6) is 0 Å². The Morgan fingerprint density at radius 3 is 2.00 bits per heavy atom. The maximum atomic E-state index is 11.8. The van der Waals surface area contributed by atoms with Crippen molar-refractivity contribution in [2.45, 2.75) is 15.3 Å². The maximum absolute atomic E-state index is 11.8. The maximum Gasteiger partial charge on any atom is 0.446 e. The molecule has 0 aliphatic rings. The van der Waals surface area contributed by atoms with Crippen molar-refractivity contribution >= 4 is 24.4 Å². The first-order valence-electron chi connectivity index (χ1n) is 3.02. The molecule has 0 bridgehead atoms. The molecule has 1 aromatic carbocycles. The molecule has 0 N–H and O–H groups in total. The fourth-order valence-corrected chi connectivity index (χ4v) is 1.34. The summed E-state index contributed by atoms with van der Waals surface area (Å²) in [5.74, 6) is 0. The van der Waals surface area contributed by atoms with Crippen molar-refractivity contribution in [3.8, 4) is 0 Å². The molecule has 0 atom stereocenters. The largest absolute Gasteiger partial charge is 0.446 e. The topological polar surface area (TPSA) is 0 Å². The Morgan fingerprint density at radius 1 is 1.08 bits per heavy atom. The average molecular weight is 210 g/mol. The standard InChI is InChI=1S/C7H5F3S2/c8-7(9,10)12-6-3-1-5(11)2-4-6/h1-4,11H. The highest BCUT2D eigenvalue weighted by Gasteiger charge is 2.28. The Bertz CT molecular complexity index is 252. The van der Waals surface area contributed by atoms with E-state index in [0.717, 1.165) is 0 Å². The highest BCUT2D eigenvalue weighted by molar-refractivity contribution is 8.00. The molecular formula is C7H5F3S2. The van der Waals surface area contributed by atoms with E-state index in [-0.39, 0.29) is 16.7 Å². The molecule has 0 aliphatic heterocycles. The van der Waals surface area contributed by atoms with Crippen LogP contribution in [0.3, 0.4) is 0 Å². The lowest BCUT2D eigenvalue weighted by molar-refractivity contribution is -0.0328. The second kappa shape index (κ2) is 3.62. The van der Waals surface area contributed by atoms with Crippen LogP contribution >= 0.6 is 24.4 Å². The van der Waals surface area contributed by atoms with Crippen molar-refractivity contribution in [1.82, 2.24) is 0 Å². The fourth-order valence-electron chi connectivity index (χ4n) is 0.648. The summed E-state index contributed by atoms with van der Waals surface area (Å²) < 4.78 is 35.4. The predicted octanol–water partition coefficient (Wildman–Crippen LogP) is 3.59. The van der Waals surface area contributed by atoms with Gasteiger partial charge in [0.2, 0.25) is 0 Å². The summed E-state index contributed by atoms with van der Waals surface area (Å²) in [6.45, 7) is 0. The first-order valence-corrected chi connectivity index (χ1v) is 4.28. The molecule has 0 fully saturated rings. The molecule has 0 spiro atoms. The summed E-state index contributed by atoms with van der Waals surface area (Å²) in [7, 11) is 0. The Labute approximate surface area is 77.6 Å². The molecule has 0 nitrogen and oxygen atoms in total. The molecular weight excluding hydrogens is 205 g/mol. The van der Waals surface area contributed by atoms with Crippen molar-refractivity contribution in [3.63, 3.8) is 0 Å². The number of benzene rings is 1. The van der Waals surface area contributed by atoms with Gasteiger partial charge in [-0.1, -0.05) is 0 Å². The van der Waals surface area contributed by atoms with E-state index >= 15 is 0 Å². The Kier molecular flexibility index (Phi) is 2.95. The van der Waals surface area contributed by atoms with Crippen LogP contribution in [0.25, 0.3) is 0 Å². The zero-order chi connectivity index (χ0) is 9.19. The van der Waals surface area contributed by atoms with E-state index in [4.69, 9.17) is 0 Å². The van der Waals surface area contributed by atoms with E-state index in [2.05, 4.69) is 12.6 Å². The van der Waals surface area contributed by atoms with E-state index in [1.165, 1.54) is 24.3 Å². The molecule has 5 heteroatoms. The lowest BCUT2D eigenvalue weighted by atomic mass is 10.4. The summed E-state index contributed by atoms with van der Waals surface area (Å²) in [6.07, 6.45) is 0. The Morgan fingerprint density at radius 2 is 1.58 bits per heavy atom. The average Bonchev–Trinajstić information content (AvgIpc) is 1.91. The lowest BCUT2D eigenvalue weighted by Gasteiger charge is -2.04. The summed E-state index contributed by atoms with van der Waals surface area (Å²) >= 11 is 3.83. The molecule has 0 radical (unpaired) electrons. The highest BCUT2D eigenvalue weighted by Crippen LogP contribution is 2.36. The molecule has 0 amide bonds. The van der Waals surface area contributed by atoms with E-state index in [0.29, 0.717) is 4.90 Å². The quantitative estimate of drug-likeness (QED) is 0.546. The molecule has 1 aromatic rings. The van der Waals surface area contributed by atoms with E-state index in [1.807, 2.05) is 0 Å². The van der Waals surface area contributed by atoms with Crippen LogP contribution in [0.1, 0.15) is 0 Å². The van der Waals surface area contributed by atoms with Gasteiger partial charge in [0.05, 0.1) is 0 Å². The zero-order valence-corrected chi connectivity index (χ0v) is 7.51. The van der Waals surface area contributed by atoms with Gasteiger partial charge in [-0.3, -0.25) is 0 Å². The minimum atomic E-state index is -4.21. The third-order valence-electron chi connectivity index (χ3n) is 1.07. The van der Waals surface area contributed by atoms with Gasteiger partial charge in [-0.05, 0) is 36.0 Å². The van der Waals surface area contributed by atoms with Gasteiger partial charge in [-0.15, -0.1) is 12.6 Å². The number of halogens is 3. The summed E-state index contributed by atoms with van der Waals surface area (Å²) in [4.78, 5) is 0.835. The SMILES string of the molecule is FC(F)(F)Sc1ccc(S)cc1. The zero-order valence-electron chi connectivity index (χ0n) is 5.80. The molecule has 0 heterocycles. The molecule has 12 heavy (non-hydrogen) atoms. The second-order valence-corrected chi connectivity index (χ2v) is 3.70. The van der Waals surface area contributed by atoms with E-state index < -0.39 is 5.51 Å². The fraction of sp³-hybridized carbons (Fsp3) is 0.143. The van der Waals surface area contributed by atoms with Crippen molar-refractivity contribution in [3.05, 3.63) is 24.3 Å². The van der Waals surface area contributed by atoms with Crippen LogP contribution in [-0.4, -0.2) is 5.51 Å². The molecule has 0 saturated carbocycles. The van der Waals surface area contributed by atoms with Gasteiger partial charge in [0.15, 0.2) is 0 Å². The summed E-state index contributed by atoms with van der Waals surface area (Å²) in [5, 5.41) is 0. The smallest absolute Gasteiger partial charge is 0.160 e. The monoisotopic (exact) mass is 210 g/mol. The summed E-state index contributed by atoms with van der Waals surface area (Å²) in [6, 6.07) is 5.83. The number of hydrogen-bond donors (Lipinski definition) is 1. The van der Waals surface area contributed by atoms with Gasteiger partial charge < -0.3 is 0 Å². The minimum Gasteiger partial charge on any atom is -0.160 e. The molecule has 0 aliphatic carbocycles. The Hall–Kier alpha value is -0.290. The van der Waals surface area contributed by atoms with Gasteiger partial charge in [0.1, 0.15) is 0 Å². The number of thiol groups is 1. The van der Waals surface area contributed by atoms with Gasteiger partial charge >= 0.3 is 5.51 Å². The Balaban J connectivity index is 2.71. The van der Waals surface area contributed by atoms with Crippen molar-refractivity contribution < 1.29 is 13.2 Å². The molecule has 66 valence electrons. The van der Waals surface area contributed by atoms with Crippen LogP contribution < -0.4 is 0 Å². The van der Waals surface area contributed by atoms with Gasteiger partial charge in [-0.2, -0.15) is 13.2 Å². The van der Waals surface area contributed by atoms with Crippen molar-refractivity contribution in [2.75, 3.05) is 0 Å². The van der Waals surface area contributed by atoms with Gasteiger partial charge in [0.25, 0.3) is 0 Å². The number of thioether (sulfide) groups is 1. The van der Waals surface area contributed by atoms with Crippen molar-refractivity contribution in [1.29, 1.82) is 0 Å². The predicted molar refractivity (Wildman–Crippen MR) is 45.6 cm³/mol. The van der Waals surface area contributed by atoms with Crippen LogP contribution in [0, 0.1) is 0 Å². The normalized spacial score (nSPS) is 11.7. The first kappa shape index (κ1) is 9.80. The van der Waals surface area contributed by atoms with E-state index in [1.54, 1.807) is 0 Å². The first-order chi connectivity index (χ1) is 5.47. The van der Waals surface area contributed by atoms with Crippen LogP contribution in [0.2, 0.25) is 0 Å². The molecule has 0 saturated heterocycles. The highest BCUT2D eigenvalue weighted by atomic mass is 32.2. The second-order valence-electron chi connectivity index (χ2n) is 2.04. The summed E-state index contributed by atoms with van der Waals surface area (Å²) in [5.41, 5.74) is -4.21. The molecule has 1 rings (SSSR count). The molecule has 0 unspecified atom stereocenters. The van der Waals surface area contributed by atoms with Crippen LogP contribution in [0.4, 0.5) is 13.2 Å². The van der Waals surface area contributed by atoms with E-state index in [9.17, 15) is 13.2 Å². The third kappa shape index (κ3) is 3.40. The minimum absolute atomic E-state index is 0.125. The number of rotatable bonds is 1. The lowest BCUT2D eigenvalue weighted by Crippen LogP contribution is -1.98. The van der Waals surface area contributed by atoms with Gasteiger partial charge in [-0.25, -0.2) is 0 Å².